The Hall–Kier alpha value is -1.33. The molecule has 2 rings (SSSR count). The molecule has 106 valence electrons. The van der Waals surface area contributed by atoms with Gasteiger partial charge in [-0.25, -0.2) is 4.39 Å². The van der Waals surface area contributed by atoms with Crippen LogP contribution in [0.2, 0.25) is 0 Å². The van der Waals surface area contributed by atoms with Gasteiger partial charge in [0.2, 0.25) is 0 Å². The SMILES string of the molecule is COc1ccc(F)c(NC2(CN)CC(C)N(C)C2)c1. The van der Waals surface area contributed by atoms with Gasteiger partial charge in [-0.15, -0.1) is 0 Å². The predicted molar refractivity (Wildman–Crippen MR) is 75.1 cm³/mol. The number of hydrogen-bond donors (Lipinski definition) is 2. The van der Waals surface area contributed by atoms with E-state index in [1.165, 1.54) is 6.07 Å². The zero-order valence-corrected chi connectivity index (χ0v) is 11.7. The Kier molecular flexibility index (Phi) is 3.96. The summed E-state index contributed by atoms with van der Waals surface area (Å²) in [6.07, 6.45) is 0.899. The molecule has 1 saturated heterocycles. The molecule has 0 radical (unpaired) electrons. The van der Waals surface area contributed by atoms with Crippen molar-refractivity contribution in [2.45, 2.75) is 24.9 Å². The van der Waals surface area contributed by atoms with Gasteiger partial charge in [-0.2, -0.15) is 0 Å². The molecule has 0 saturated carbocycles. The molecule has 1 aliphatic heterocycles. The van der Waals surface area contributed by atoms with Gasteiger partial charge >= 0.3 is 0 Å². The van der Waals surface area contributed by atoms with Crippen LogP contribution in [0.5, 0.6) is 5.75 Å². The second-order valence-electron chi connectivity index (χ2n) is 5.42. The fraction of sp³-hybridized carbons (Fsp3) is 0.571. The van der Waals surface area contributed by atoms with E-state index >= 15 is 0 Å². The fourth-order valence-electron chi connectivity index (χ4n) is 2.72. The number of benzene rings is 1. The second-order valence-corrected chi connectivity index (χ2v) is 5.42. The number of nitrogens with zero attached hydrogens (tertiary/aromatic N) is 1. The number of nitrogens with two attached hydrogens (primary N) is 1. The lowest BCUT2D eigenvalue weighted by Crippen LogP contribution is -2.47. The number of likely N-dealkylation sites (N-methyl/N-ethyl adjacent to an activating group) is 1. The van der Waals surface area contributed by atoms with Crippen molar-refractivity contribution in [3.63, 3.8) is 0 Å². The summed E-state index contributed by atoms with van der Waals surface area (Å²) in [5.41, 5.74) is 6.09. The maximum atomic E-state index is 13.9. The summed E-state index contributed by atoms with van der Waals surface area (Å²) >= 11 is 0. The van der Waals surface area contributed by atoms with Crippen LogP contribution in [0, 0.1) is 5.82 Å². The highest BCUT2D eigenvalue weighted by Crippen LogP contribution is 2.31. The number of ether oxygens (including phenoxy) is 1. The van der Waals surface area contributed by atoms with Crippen LogP contribution in [0.3, 0.4) is 0 Å². The van der Waals surface area contributed by atoms with E-state index in [2.05, 4.69) is 24.2 Å². The highest BCUT2D eigenvalue weighted by molar-refractivity contribution is 5.52. The molecule has 0 bridgehead atoms. The largest absolute Gasteiger partial charge is 0.497 e. The second kappa shape index (κ2) is 5.35. The van der Waals surface area contributed by atoms with Gasteiger partial charge < -0.3 is 20.7 Å². The molecule has 1 fully saturated rings. The van der Waals surface area contributed by atoms with Crippen molar-refractivity contribution >= 4 is 5.69 Å². The van der Waals surface area contributed by atoms with Crippen LogP contribution >= 0.6 is 0 Å². The van der Waals surface area contributed by atoms with Crippen LogP contribution in [0.15, 0.2) is 18.2 Å². The van der Waals surface area contributed by atoms with Gasteiger partial charge in [0, 0.05) is 25.2 Å². The fourth-order valence-corrected chi connectivity index (χ4v) is 2.72. The zero-order valence-electron chi connectivity index (χ0n) is 11.7. The van der Waals surface area contributed by atoms with E-state index in [-0.39, 0.29) is 11.4 Å². The average molecular weight is 267 g/mol. The molecule has 1 aromatic carbocycles. The van der Waals surface area contributed by atoms with Crippen LogP contribution in [-0.2, 0) is 0 Å². The Balaban J connectivity index is 2.24. The van der Waals surface area contributed by atoms with Gasteiger partial charge in [-0.1, -0.05) is 0 Å². The van der Waals surface area contributed by atoms with E-state index in [9.17, 15) is 4.39 Å². The quantitative estimate of drug-likeness (QED) is 0.871. The number of anilines is 1. The molecule has 1 aromatic rings. The smallest absolute Gasteiger partial charge is 0.146 e. The van der Waals surface area contributed by atoms with Crippen molar-refractivity contribution in [2.24, 2.45) is 5.73 Å². The first-order chi connectivity index (χ1) is 8.99. The minimum Gasteiger partial charge on any atom is -0.497 e. The first-order valence-electron chi connectivity index (χ1n) is 6.52. The van der Waals surface area contributed by atoms with E-state index in [1.54, 1.807) is 19.2 Å². The molecular formula is C14H22FN3O. The summed E-state index contributed by atoms with van der Waals surface area (Å²) in [6, 6.07) is 5.13. The molecule has 5 heteroatoms. The molecule has 1 aliphatic rings. The van der Waals surface area contributed by atoms with Crippen molar-refractivity contribution in [1.29, 1.82) is 0 Å². The minimum absolute atomic E-state index is 0.276. The topological polar surface area (TPSA) is 50.5 Å². The molecule has 2 atom stereocenters. The number of likely N-dealkylation sites (tertiary alicyclic amines) is 1. The number of nitrogens with one attached hydrogen (secondary N) is 1. The number of hydrogen-bond acceptors (Lipinski definition) is 4. The molecule has 4 nitrogen and oxygen atoms in total. The highest BCUT2D eigenvalue weighted by Gasteiger charge is 2.40. The summed E-state index contributed by atoms with van der Waals surface area (Å²) in [4.78, 5) is 2.23. The van der Waals surface area contributed by atoms with Crippen molar-refractivity contribution in [3.8, 4) is 5.75 Å². The summed E-state index contributed by atoms with van der Waals surface area (Å²) < 4.78 is 19.0. The summed E-state index contributed by atoms with van der Waals surface area (Å²) in [7, 11) is 3.63. The third-order valence-electron chi connectivity index (χ3n) is 3.95. The third kappa shape index (κ3) is 2.82. The van der Waals surface area contributed by atoms with Crippen LogP contribution in [0.25, 0.3) is 0 Å². The summed E-state index contributed by atoms with van der Waals surface area (Å²) in [5, 5.41) is 3.29. The van der Waals surface area contributed by atoms with Gasteiger partial charge in [-0.05, 0) is 32.5 Å². The monoisotopic (exact) mass is 267 g/mol. The van der Waals surface area contributed by atoms with Crippen molar-refractivity contribution in [2.75, 3.05) is 32.6 Å². The molecule has 2 unspecified atom stereocenters. The van der Waals surface area contributed by atoms with Gasteiger partial charge in [0.15, 0.2) is 0 Å². The Labute approximate surface area is 113 Å². The van der Waals surface area contributed by atoms with Crippen molar-refractivity contribution in [3.05, 3.63) is 24.0 Å². The molecule has 19 heavy (non-hydrogen) atoms. The van der Waals surface area contributed by atoms with E-state index in [1.807, 2.05) is 0 Å². The maximum Gasteiger partial charge on any atom is 0.146 e. The Morgan fingerprint density at radius 2 is 2.32 bits per heavy atom. The highest BCUT2D eigenvalue weighted by atomic mass is 19.1. The van der Waals surface area contributed by atoms with Gasteiger partial charge in [0.1, 0.15) is 11.6 Å². The number of methoxy groups -OCH3 is 1. The lowest BCUT2D eigenvalue weighted by atomic mass is 9.96. The Bertz CT molecular complexity index is 442. The van der Waals surface area contributed by atoms with Crippen molar-refractivity contribution in [1.82, 2.24) is 4.90 Å². The number of halogens is 1. The average Bonchev–Trinajstić information content (AvgIpc) is 2.68. The molecule has 0 aromatic heterocycles. The molecule has 1 heterocycles. The third-order valence-corrected chi connectivity index (χ3v) is 3.95. The normalized spacial score (nSPS) is 27.5. The van der Waals surface area contributed by atoms with Gasteiger partial charge in [-0.3, -0.25) is 0 Å². The molecular weight excluding hydrogens is 245 g/mol. The Morgan fingerprint density at radius 1 is 1.58 bits per heavy atom. The van der Waals surface area contributed by atoms with Crippen LogP contribution in [0.4, 0.5) is 10.1 Å². The molecule has 0 amide bonds. The number of rotatable bonds is 4. The van der Waals surface area contributed by atoms with E-state index < -0.39 is 0 Å². The van der Waals surface area contributed by atoms with Crippen molar-refractivity contribution < 1.29 is 9.13 Å². The van der Waals surface area contributed by atoms with E-state index in [4.69, 9.17) is 10.5 Å². The maximum absolute atomic E-state index is 13.9. The summed E-state index contributed by atoms with van der Waals surface area (Å²) in [5.74, 6) is 0.353. The first kappa shape index (κ1) is 14.1. The van der Waals surface area contributed by atoms with Crippen LogP contribution < -0.4 is 15.8 Å². The standard InChI is InChI=1S/C14H22FN3O/c1-10-7-14(8-16,9-18(10)2)17-13-6-11(19-3)4-5-12(13)15/h4-6,10,17H,7-9,16H2,1-3H3. The lowest BCUT2D eigenvalue weighted by molar-refractivity contribution is 0.323. The van der Waals surface area contributed by atoms with E-state index in [0.29, 0.717) is 24.0 Å². The van der Waals surface area contributed by atoms with E-state index in [0.717, 1.165) is 13.0 Å². The van der Waals surface area contributed by atoms with Crippen LogP contribution in [0.1, 0.15) is 13.3 Å². The van der Waals surface area contributed by atoms with Crippen LogP contribution in [-0.4, -0.2) is 43.7 Å². The summed E-state index contributed by atoms with van der Waals surface area (Å²) in [6.45, 7) is 3.43. The lowest BCUT2D eigenvalue weighted by Gasteiger charge is -2.30. The predicted octanol–water partition coefficient (Wildman–Crippen LogP) is 1.67. The Morgan fingerprint density at radius 3 is 2.84 bits per heavy atom. The minimum atomic E-state index is -0.282. The van der Waals surface area contributed by atoms with Gasteiger partial charge in [0.25, 0.3) is 0 Å². The molecule has 0 spiro atoms. The molecule has 0 aliphatic carbocycles. The molecule has 3 N–H and O–H groups in total. The first-order valence-corrected chi connectivity index (χ1v) is 6.52. The zero-order chi connectivity index (χ0) is 14.0. The van der Waals surface area contributed by atoms with Gasteiger partial charge in [0.05, 0.1) is 18.3 Å².